The summed E-state index contributed by atoms with van der Waals surface area (Å²) in [5.74, 6) is 1.79. The van der Waals surface area contributed by atoms with Crippen LogP contribution in [0.1, 0.15) is 32.6 Å². The highest BCUT2D eigenvalue weighted by Gasteiger charge is 2.22. The second kappa shape index (κ2) is 5.44. The topological polar surface area (TPSA) is 94.5 Å². The molecule has 0 aromatic carbocycles. The SMILES string of the molecule is CC1CCCCC1Nc1nc(N)nc(-n2cccn2)n1. The summed E-state index contributed by atoms with van der Waals surface area (Å²) < 4.78 is 1.58. The molecule has 1 aliphatic carbocycles. The summed E-state index contributed by atoms with van der Waals surface area (Å²) in [6, 6.07) is 2.21. The molecule has 0 saturated heterocycles. The van der Waals surface area contributed by atoms with Gasteiger partial charge in [0.05, 0.1) is 0 Å². The van der Waals surface area contributed by atoms with Gasteiger partial charge in [-0.2, -0.15) is 20.1 Å². The van der Waals surface area contributed by atoms with Crippen molar-refractivity contribution >= 4 is 11.9 Å². The Morgan fingerprint density at radius 2 is 2.10 bits per heavy atom. The van der Waals surface area contributed by atoms with Gasteiger partial charge in [-0.1, -0.05) is 19.8 Å². The van der Waals surface area contributed by atoms with Gasteiger partial charge in [0.25, 0.3) is 5.95 Å². The predicted octanol–water partition coefficient (Wildman–Crippen LogP) is 1.63. The van der Waals surface area contributed by atoms with Gasteiger partial charge in [-0.3, -0.25) is 0 Å². The zero-order valence-electron chi connectivity index (χ0n) is 11.5. The number of anilines is 2. The van der Waals surface area contributed by atoms with E-state index in [9.17, 15) is 0 Å². The van der Waals surface area contributed by atoms with E-state index >= 15 is 0 Å². The molecule has 7 heteroatoms. The minimum Gasteiger partial charge on any atom is -0.368 e. The van der Waals surface area contributed by atoms with E-state index in [2.05, 4.69) is 32.3 Å². The van der Waals surface area contributed by atoms with Crippen LogP contribution in [0.15, 0.2) is 18.5 Å². The quantitative estimate of drug-likeness (QED) is 0.882. The molecule has 7 nitrogen and oxygen atoms in total. The summed E-state index contributed by atoms with van der Waals surface area (Å²) >= 11 is 0. The summed E-state index contributed by atoms with van der Waals surface area (Å²) in [7, 11) is 0. The van der Waals surface area contributed by atoms with Gasteiger partial charge in [0, 0.05) is 18.4 Å². The Balaban J connectivity index is 1.82. The minimum absolute atomic E-state index is 0.205. The van der Waals surface area contributed by atoms with Crippen molar-refractivity contribution in [2.45, 2.75) is 38.6 Å². The third kappa shape index (κ3) is 2.71. The van der Waals surface area contributed by atoms with Crippen molar-refractivity contribution in [1.82, 2.24) is 24.7 Å². The number of nitrogen functional groups attached to an aromatic ring is 1. The first-order chi connectivity index (χ1) is 9.72. The van der Waals surface area contributed by atoms with Crippen molar-refractivity contribution in [3.05, 3.63) is 18.5 Å². The fraction of sp³-hybridized carbons (Fsp3) is 0.538. The molecule has 0 spiro atoms. The molecule has 3 rings (SSSR count). The van der Waals surface area contributed by atoms with Crippen molar-refractivity contribution < 1.29 is 0 Å². The van der Waals surface area contributed by atoms with Crippen LogP contribution in [0.5, 0.6) is 0 Å². The van der Waals surface area contributed by atoms with Crippen LogP contribution < -0.4 is 11.1 Å². The van der Waals surface area contributed by atoms with Gasteiger partial charge in [-0.05, 0) is 24.8 Å². The molecule has 1 fully saturated rings. The van der Waals surface area contributed by atoms with Crippen LogP contribution in [-0.2, 0) is 0 Å². The molecule has 1 saturated carbocycles. The molecule has 2 atom stereocenters. The molecule has 0 aliphatic heterocycles. The molecule has 0 bridgehead atoms. The van der Waals surface area contributed by atoms with Crippen LogP contribution in [-0.4, -0.2) is 30.8 Å². The van der Waals surface area contributed by atoms with Crippen molar-refractivity contribution in [1.29, 1.82) is 0 Å². The third-order valence-electron chi connectivity index (χ3n) is 3.78. The highest BCUT2D eigenvalue weighted by molar-refractivity contribution is 5.35. The number of hydrogen-bond acceptors (Lipinski definition) is 6. The first-order valence-electron chi connectivity index (χ1n) is 7.00. The first kappa shape index (κ1) is 12.8. The van der Waals surface area contributed by atoms with Crippen LogP contribution in [0.25, 0.3) is 5.95 Å². The number of nitrogens with one attached hydrogen (secondary N) is 1. The molecule has 1 aliphatic rings. The number of hydrogen-bond donors (Lipinski definition) is 2. The largest absolute Gasteiger partial charge is 0.368 e. The molecule has 2 aromatic heterocycles. The average Bonchev–Trinajstić information content (AvgIpc) is 2.95. The van der Waals surface area contributed by atoms with Crippen LogP contribution >= 0.6 is 0 Å². The molecule has 2 aromatic rings. The minimum atomic E-state index is 0.205. The van der Waals surface area contributed by atoms with Gasteiger partial charge < -0.3 is 11.1 Å². The Labute approximate surface area is 117 Å². The van der Waals surface area contributed by atoms with Crippen molar-refractivity contribution in [2.24, 2.45) is 5.92 Å². The van der Waals surface area contributed by atoms with Crippen LogP contribution in [0.4, 0.5) is 11.9 Å². The zero-order chi connectivity index (χ0) is 13.9. The maximum absolute atomic E-state index is 5.76. The van der Waals surface area contributed by atoms with Crippen molar-refractivity contribution in [3.63, 3.8) is 0 Å². The Kier molecular flexibility index (Phi) is 3.49. The smallest absolute Gasteiger partial charge is 0.257 e. The van der Waals surface area contributed by atoms with Gasteiger partial charge in [-0.25, -0.2) is 4.68 Å². The summed E-state index contributed by atoms with van der Waals surface area (Å²) in [5.41, 5.74) is 5.76. The Bertz CT molecular complexity index is 566. The molecular formula is C13H19N7. The summed E-state index contributed by atoms with van der Waals surface area (Å²) in [6.07, 6.45) is 8.39. The first-order valence-corrected chi connectivity index (χ1v) is 7.00. The predicted molar refractivity (Wildman–Crippen MR) is 76.4 cm³/mol. The third-order valence-corrected chi connectivity index (χ3v) is 3.78. The van der Waals surface area contributed by atoms with Crippen LogP contribution in [0.2, 0.25) is 0 Å². The lowest BCUT2D eigenvalue weighted by Gasteiger charge is -2.29. The molecule has 0 radical (unpaired) electrons. The van der Waals surface area contributed by atoms with E-state index in [-0.39, 0.29) is 5.95 Å². The lowest BCUT2D eigenvalue weighted by Crippen LogP contribution is -2.31. The van der Waals surface area contributed by atoms with Crippen LogP contribution in [0.3, 0.4) is 0 Å². The fourth-order valence-corrected chi connectivity index (χ4v) is 2.63. The summed E-state index contributed by atoms with van der Waals surface area (Å²) in [6.45, 7) is 2.26. The zero-order valence-corrected chi connectivity index (χ0v) is 11.5. The molecule has 2 unspecified atom stereocenters. The Morgan fingerprint density at radius 1 is 1.25 bits per heavy atom. The molecule has 2 heterocycles. The van der Waals surface area contributed by atoms with E-state index in [0.717, 1.165) is 6.42 Å². The second-order valence-electron chi connectivity index (χ2n) is 5.28. The number of rotatable bonds is 3. The maximum atomic E-state index is 5.76. The Hall–Kier alpha value is -2.18. The highest BCUT2D eigenvalue weighted by atomic mass is 15.4. The van der Waals surface area contributed by atoms with E-state index in [1.165, 1.54) is 19.3 Å². The molecule has 0 amide bonds. The van der Waals surface area contributed by atoms with Crippen molar-refractivity contribution in [3.8, 4) is 5.95 Å². The molecular weight excluding hydrogens is 254 g/mol. The van der Waals surface area contributed by atoms with E-state index in [1.54, 1.807) is 17.1 Å². The standard InChI is InChI=1S/C13H19N7/c1-9-5-2-3-6-10(9)16-12-17-11(14)18-13(19-12)20-8-4-7-15-20/h4,7-10H,2-3,5-6H2,1H3,(H3,14,16,17,18,19). The molecule has 106 valence electrons. The Morgan fingerprint density at radius 3 is 2.85 bits per heavy atom. The van der Waals surface area contributed by atoms with Gasteiger partial charge in [0.2, 0.25) is 11.9 Å². The normalized spacial score (nSPS) is 22.6. The molecule has 3 N–H and O–H groups in total. The number of nitrogens with zero attached hydrogens (tertiary/aromatic N) is 5. The van der Waals surface area contributed by atoms with E-state index in [4.69, 9.17) is 5.73 Å². The lowest BCUT2D eigenvalue weighted by molar-refractivity contribution is 0.348. The number of nitrogens with two attached hydrogens (primary N) is 1. The van der Waals surface area contributed by atoms with Crippen LogP contribution in [0, 0.1) is 5.92 Å². The van der Waals surface area contributed by atoms with E-state index in [1.807, 2.05) is 6.07 Å². The summed E-state index contributed by atoms with van der Waals surface area (Å²) in [5, 5.41) is 7.50. The highest BCUT2D eigenvalue weighted by Crippen LogP contribution is 2.26. The lowest BCUT2D eigenvalue weighted by atomic mass is 9.86. The van der Waals surface area contributed by atoms with Gasteiger partial charge >= 0.3 is 0 Å². The monoisotopic (exact) mass is 273 g/mol. The summed E-state index contributed by atoms with van der Waals surface area (Å²) in [4.78, 5) is 12.7. The van der Waals surface area contributed by atoms with Gasteiger partial charge in [0.1, 0.15) is 0 Å². The maximum Gasteiger partial charge on any atom is 0.257 e. The fourth-order valence-electron chi connectivity index (χ4n) is 2.63. The number of aromatic nitrogens is 5. The van der Waals surface area contributed by atoms with E-state index < -0.39 is 0 Å². The second-order valence-corrected chi connectivity index (χ2v) is 5.28. The van der Waals surface area contributed by atoms with E-state index in [0.29, 0.717) is 23.9 Å². The van der Waals surface area contributed by atoms with Gasteiger partial charge in [0.15, 0.2) is 0 Å². The molecule has 20 heavy (non-hydrogen) atoms. The van der Waals surface area contributed by atoms with Gasteiger partial charge in [-0.15, -0.1) is 0 Å². The van der Waals surface area contributed by atoms with Crippen molar-refractivity contribution in [2.75, 3.05) is 11.1 Å². The average molecular weight is 273 g/mol.